The molecular weight excluding hydrogens is 414 g/mol. The third kappa shape index (κ3) is 4.96. The fraction of sp³-hybridized carbons (Fsp3) is 0.316. The third-order valence-electron chi connectivity index (χ3n) is 4.40. The van der Waals surface area contributed by atoms with E-state index >= 15 is 0 Å². The molecule has 11 heteroatoms. The van der Waals surface area contributed by atoms with E-state index < -0.39 is 40.6 Å². The average Bonchev–Trinajstić information content (AvgIpc) is 3.03. The number of carbonyl (C=O) groups is 1. The maximum absolute atomic E-state index is 12.5. The molecule has 0 amide bonds. The van der Waals surface area contributed by atoms with Gasteiger partial charge in [-0.25, -0.2) is 4.79 Å². The summed E-state index contributed by atoms with van der Waals surface area (Å²) in [5, 5.41) is 13.6. The van der Waals surface area contributed by atoms with Crippen LogP contribution in [0.3, 0.4) is 0 Å². The zero-order valence-electron chi connectivity index (χ0n) is 15.9. The lowest BCUT2D eigenvalue weighted by Gasteiger charge is -2.18. The number of nitrogens with zero attached hydrogens (tertiary/aromatic N) is 3. The van der Waals surface area contributed by atoms with Crippen molar-refractivity contribution in [2.45, 2.75) is 43.0 Å². The summed E-state index contributed by atoms with van der Waals surface area (Å²) in [6.45, 7) is 1.71. The monoisotopic (exact) mass is 433 g/mol. The molecule has 0 spiro atoms. The molecule has 3 rings (SSSR count). The van der Waals surface area contributed by atoms with Gasteiger partial charge in [-0.1, -0.05) is 53.1 Å². The van der Waals surface area contributed by atoms with Gasteiger partial charge < -0.3 is 14.6 Å². The summed E-state index contributed by atoms with van der Waals surface area (Å²) in [5.41, 5.74) is 10.4. The summed E-state index contributed by atoms with van der Waals surface area (Å²) in [7, 11) is -4.32. The predicted octanol–water partition coefficient (Wildman–Crippen LogP) is 2.21. The van der Waals surface area contributed by atoms with E-state index in [9.17, 15) is 18.3 Å². The smallest absolute Gasteiger partial charge is 0.336 e. The Morgan fingerprint density at radius 3 is 2.50 bits per heavy atom. The summed E-state index contributed by atoms with van der Waals surface area (Å²) in [4.78, 5) is 14.9. The molecule has 1 aliphatic rings. The van der Waals surface area contributed by atoms with E-state index in [1.54, 1.807) is 49.4 Å². The Hall–Kier alpha value is -2.95. The van der Waals surface area contributed by atoms with E-state index in [4.69, 9.17) is 19.2 Å². The molecule has 1 N–H and O–H groups in total. The molecule has 1 heterocycles. The number of esters is 1. The van der Waals surface area contributed by atoms with Crippen LogP contribution in [0.25, 0.3) is 10.4 Å². The minimum atomic E-state index is -4.32. The van der Waals surface area contributed by atoms with Gasteiger partial charge in [0.25, 0.3) is 10.1 Å². The number of aliphatic hydroxyl groups excluding tert-OH is 1. The lowest BCUT2D eigenvalue weighted by Crippen LogP contribution is -2.38. The standard InChI is InChI=1S/C19H19N3O7S/c1-12-7-9-14(10-8-12)30(25,26)29-17-15(21-22-20)16(28-19(17)24)18(23)27-11-13-5-3-2-4-6-13/h2-10,15-17,19,24H,11H2,1H3/t15-,16-,17+,19+/m0/s1. The van der Waals surface area contributed by atoms with Crippen molar-refractivity contribution in [1.29, 1.82) is 0 Å². The van der Waals surface area contributed by atoms with Crippen LogP contribution < -0.4 is 0 Å². The van der Waals surface area contributed by atoms with Crippen molar-refractivity contribution in [2.24, 2.45) is 5.11 Å². The molecule has 4 atom stereocenters. The number of benzene rings is 2. The molecule has 30 heavy (non-hydrogen) atoms. The minimum Gasteiger partial charge on any atom is -0.459 e. The Kier molecular flexibility index (Phi) is 6.70. The Balaban J connectivity index is 1.75. The summed E-state index contributed by atoms with van der Waals surface area (Å²) >= 11 is 0. The molecule has 2 aromatic rings. The van der Waals surface area contributed by atoms with Gasteiger partial charge in [-0.15, -0.1) is 0 Å². The summed E-state index contributed by atoms with van der Waals surface area (Å²) < 4.78 is 40.4. The number of ether oxygens (including phenoxy) is 2. The fourth-order valence-corrected chi connectivity index (χ4v) is 3.93. The van der Waals surface area contributed by atoms with Gasteiger partial charge in [-0.2, -0.15) is 8.42 Å². The van der Waals surface area contributed by atoms with Crippen molar-refractivity contribution >= 4 is 16.1 Å². The van der Waals surface area contributed by atoms with Crippen molar-refractivity contribution in [3.8, 4) is 0 Å². The Bertz CT molecular complexity index is 1040. The van der Waals surface area contributed by atoms with E-state index in [1.807, 2.05) is 0 Å². The highest BCUT2D eigenvalue weighted by Gasteiger charge is 2.50. The molecule has 0 aliphatic carbocycles. The molecule has 0 radical (unpaired) electrons. The van der Waals surface area contributed by atoms with E-state index in [2.05, 4.69) is 10.0 Å². The molecule has 0 bridgehead atoms. The number of aryl methyl sites for hydroxylation is 1. The van der Waals surface area contributed by atoms with Crippen molar-refractivity contribution in [3.05, 3.63) is 76.2 Å². The molecule has 158 valence electrons. The third-order valence-corrected chi connectivity index (χ3v) is 5.73. The number of azide groups is 1. The maximum Gasteiger partial charge on any atom is 0.336 e. The normalized spacial score (nSPS) is 23.5. The second-order valence-corrected chi connectivity index (χ2v) is 8.14. The Morgan fingerprint density at radius 1 is 1.20 bits per heavy atom. The molecule has 2 aromatic carbocycles. The minimum absolute atomic E-state index is 0.0776. The van der Waals surface area contributed by atoms with E-state index in [-0.39, 0.29) is 11.5 Å². The van der Waals surface area contributed by atoms with Crippen LogP contribution in [-0.4, -0.2) is 44.0 Å². The molecule has 0 saturated carbocycles. The number of hydrogen-bond acceptors (Lipinski definition) is 8. The van der Waals surface area contributed by atoms with Crippen LogP contribution in [0.5, 0.6) is 0 Å². The van der Waals surface area contributed by atoms with Crippen molar-refractivity contribution < 1.29 is 32.0 Å². The van der Waals surface area contributed by atoms with E-state index in [0.717, 1.165) is 5.56 Å². The van der Waals surface area contributed by atoms with Gasteiger partial charge in [0.1, 0.15) is 18.8 Å². The van der Waals surface area contributed by atoms with Crippen LogP contribution in [0.15, 0.2) is 64.6 Å². The van der Waals surface area contributed by atoms with Crippen LogP contribution in [-0.2, 0) is 35.2 Å². The summed E-state index contributed by atoms with van der Waals surface area (Å²) in [6, 6.07) is 13.2. The lowest BCUT2D eigenvalue weighted by molar-refractivity contribution is -0.170. The first-order valence-corrected chi connectivity index (χ1v) is 10.3. The predicted molar refractivity (Wildman–Crippen MR) is 103 cm³/mol. The van der Waals surface area contributed by atoms with Crippen LogP contribution in [0.2, 0.25) is 0 Å². The van der Waals surface area contributed by atoms with Crippen LogP contribution in [0.4, 0.5) is 0 Å². The summed E-state index contributed by atoms with van der Waals surface area (Å²) in [6.07, 6.45) is -4.98. The van der Waals surface area contributed by atoms with Crippen LogP contribution in [0.1, 0.15) is 11.1 Å². The van der Waals surface area contributed by atoms with Gasteiger partial charge in [-0.3, -0.25) is 4.18 Å². The van der Waals surface area contributed by atoms with Gasteiger partial charge in [0.05, 0.1) is 4.90 Å². The lowest BCUT2D eigenvalue weighted by atomic mass is 10.1. The number of aliphatic hydroxyl groups is 1. The first-order chi connectivity index (χ1) is 14.3. The fourth-order valence-electron chi connectivity index (χ4n) is 2.85. The SMILES string of the molecule is Cc1ccc(S(=O)(=O)O[C@@H]2[C@@H](N=[N+]=[N-])[C@@H](C(=O)OCc3ccccc3)O[C@H]2O)cc1. The largest absolute Gasteiger partial charge is 0.459 e. The van der Waals surface area contributed by atoms with Crippen molar-refractivity contribution in [3.63, 3.8) is 0 Å². The number of rotatable bonds is 7. The van der Waals surface area contributed by atoms with Crippen LogP contribution >= 0.6 is 0 Å². The molecule has 10 nitrogen and oxygen atoms in total. The van der Waals surface area contributed by atoms with Gasteiger partial charge >= 0.3 is 5.97 Å². The quantitative estimate of drug-likeness (QED) is 0.231. The number of hydrogen-bond donors (Lipinski definition) is 1. The number of carbonyl (C=O) groups excluding carboxylic acids is 1. The second kappa shape index (κ2) is 9.24. The topological polar surface area (TPSA) is 148 Å². The zero-order valence-corrected chi connectivity index (χ0v) is 16.7. The zero-order chi connectivity index (χ0) is 21.7. The van der Waals surface area contributed by atoms with Gasteiger partial charge in [-0.05, 0) is 30.2 Å². The van der Waals surface area contributed by atoms with Crippen molar-refractivity contribution in [1.82, 2.24) is 0 Å². The molecule has 0 aromatic heterocycles. The first kappa shape index (κ1) is 21.8. The molecular formula is C19H19N3O7S. The molecule has 0 unspecified atom stereocenters. The molecule has 1 saturated heterocycles. The van der Waals surface area contributed by atoms with Gasteiger partial charge in [0.15, 0.2) is 12.4 Å². The average molecular weight is 433 g/mol. The van der Waals surface area contributed by atoms with E-state index in [0.29, 0.717) is 5.56 Å². The highest BCUT2D eigenvalue weighted by Crippen LogP contribution is 2.30. The van der Waals surface area contributed by atoms with Crippen molar-refractivity contribution in [2.75, 3.05) is 0 Å². The molecule has 1 aliphatic heterocycles. The van der Waals surface area contributed by atoms with Crippen LogP contribution in [0, 0.1) is 6.92 Å². The second-order valence-electron chi connectivity index (χ2n) is 6.56. The molecule has 1 fully saturated rings. The summed E-state index contributed by atoms with van der Waals surface area (Å²) in [5.74, 6) is -0.922. The first-order valence-electron chi connectivity index (χ1n) is 8.90. The van der Waals surface area contributed by atoms with E-state index in [1.165, 1.54) is 12.1 Å². The highest BCUT2D eigenvalue weighted by molar-refractivity contribution is 7.86. The Morgan fingerprint density at radius 2 is 1.87 bits per heavy atom. The highest BCUT2D eigenvalue weighted by atomic mass is 32.2. The van der Waals surface area contributed by atoms with Gasteiger partial charge in [0, 0.05) is 4.91 Å². The van der Waals surface area contributed by atoms with Gasteiger partial charge in [0.2, 0.25) is 0 Å². The maximum atomic E-state index is 12.5. The Labute approximate surface area is 172 Å².